The first-order chi connectivity index (χ1) is 8.75. The van der Waals surface area contributed by atoms with Gasteiger partial charge in [0, 0.05) is 13.6 Å². The molecule has 1 heterocycles. The number of nitrogens with one attached hydrogen (secondary N) is 1. The van der Waals surface area contributed by atoms with E-state index in [2.05, 4.69) is 20.8 Å². The molecular formula is C11H19N5OS. The van der Waals surface area contributed by atoms with Crippen molar-refractivity contribution in [2.45, 2.75) is 37.3 Å². The van der Waals surface area contributed by atoms with Crippen molar-refractivity contribution >= 4 is 17.7 Å². The largest absolute Gasteiger partial charge is 0.355 e. The molecular weight excluding hydrogens is 250 g/mol. The Morgan fingerprint density at radius 2 is 2.22 bits per heavy atom. The zero-order valence-electron chi connectivity index (χ0n) is 10.6. The number of hydrogen-bond donors (Lipinski definition) is 1. The third-order valence-electron chi connectivity index (χ3n) is 3.23. The van der Waals surface area contributed by atoms with Crippen molar-refractivity contribution in [2.75, 3.05) is 12.3 Å². The second-order valence-electron chi connectivity index (χ2n) is 4.68. The summed E-state index contributed by atoms with van der Waals surface area (Å²) in [6.07, 6.45) is 6.46. The molecule has 0 spiro atoms. The van der Waals surface area contributed by atoms with Crippen LogP contribution >= 0.6 is 11.8 Å². The molecule has 1 aromatic rings. The summed E-state index contributed by atoms with van der Waals surface area (Å²) in [5, 5.41) is 14.7. The minimum absolute atomic E-state index is 0.0635. The van der Waals surface area contributed by atoms with Gasteiger partial charge in [0.1, 0.15) is 0 Å². The van der Waals surface area contributed by atoms with E-state index in [1.807, 2.05) is 0 Å². The van der Waals surface area contributed by atoms with E-state index >= 15 is 0 Å². The molecule has 0 aromatic carbocycles. The molecule has 1 saturated carbocycles. The summed E-state index contributed by atoms with van der Waals surface area (Å²) >= 11 is 1.36. The smallest absolute Gasteiger partial charge is 0.230 e. The molecule has 2 rings (SSSR count). The summed E-state index contributed by atoms with van der Waals surface area (Å²) < 4.78 is 1.57. The number of amides is 1. The molecule has 1 amide bonds. The van der Waals surface area contributed by atoms with Crippen molar-refractivity contribution in [1.82, 2.24) is 25.5 Å². The average molecular weight is 269 g/mol. The van der Waals surface area contributed by atoms with Gasteiger partial charge in [-0.05, 0) is 29.2 Å². The van der Waals surface area contributed by atoms with Gasteiger partial charge in [-0.1, -0.05) is 31.0 Å². The standard InChI is InChI=1S/C11H19N5OS/c1-16-11(13-14-15-16)18-8-10(17)12-7-9-5-3-2-4-6-9/h9H,2-8H2,1H3,(H,12,17). The third-order valence-corrected chi connectivity index (χ3v) is 4.24. The lowest BCUT2D eigenvalue weighted by molar-refractivity contribution is -0.118. The zero-order valence-corrected chi connectivity index (χ0v) is 11.4. The van der Waals surface area contributed by atoms with Gasteiger partial charge < -0.3 is 5.32 Å². The molecule has 18 heavy (non-hydrogen) atoms. The molecule has 1 aromatic heterocycles. The van der Waals surface area contributed by atoms with Gasteiger partial charge in [-0.3, -0.25) is 4.79 Å². The lowest BCUT2D eigenvalue weighted by Crippen LogP contribution is -2.31. The molecule has 1 fully saturated rings. The van der Waals surface area contributed by atoms with E-state index in [0.29, 0.717) is 16.8 Å². The number of aromatic nitrogens is 4. The van der Waals surface area contributed by atoms with Crippen LogP contribution in [0, 0.1) is 5.92 Å². The van der Waals surface area contributed by atoms with Gasteiger partial charge in [0.2, 0.25) is 11.1 Å². The maximum Gasteiger partial charge on any atom is 0.230 e. The maximum absolute atomic E-state index is 11.7. The molecule has 7 heteroatoms. The van der Waals surface area contributed by atoms with Crippen LogP contribution in [0.5, 0.6) is 0 Å². The number of aryl methyl sites for hydroxylation is 1. The van der Waals surface area contributed by atoms with Crippen LogP contribution in [0.1, 0.15) is 32.1 Å². The molecule has 100 valence electrons. The molecule has 6 nitrogen and oxygen atoms in total. The minimum atomic E-state index is 0.0635. The Bertz CT molecular complexity index is 389. The quantitative estimate of drug-likeness (QED) is 0.807. The van der Waals surface area contributed by atoms with Crippen molar-refractivity contribution in [2.24, 2.45) is 13.0 Å². The van der Waals surface area contributed by atoms with Crippen molar-refractivity contribution in [3.8, 4) is 0 Å². The minimum Gasteiger partial charge on any atom is -0.355 e. The summed E-state index contributed by atoms with van der Waals surface area (Å²) in [7, 11) is 1.77. The van der Waals surface area contributed by atoms with E-state index in [1.165, 1.54) is 43.9 Å². The molecule has 1 aliphatic rings. The topological polar surface area (TPSA) is 72.7 Å². The van der Waals surface area contributed by atoms with Crippen molar-refractivity contribution in [3.05, 3.63) is 0 Å². The Morgan fingerprint density at radius 3 is 2.89 bits per heavy atom. The Kier molecular flexibility index (Phi) is 4.98. The Labute approximate surface area is 111 Å². The van der Waals surface area contributed by atoms with Gasteiger partial charge >= 0.3 is 0 Å². The first-order valence-electron chi connectivity index (χ1n) is 6.37. The van der Waals surface area contributed by atoms with Crippen LogP contribution in [0.3, 0.4) is 0 Å². The fraction of sp³-hybridized carbons (Fsp3) is 0.818. The van der Waals surface area contributed by atoms with Gasteiger partial charge in [0.25, 0.3) is 0 Å². The van der Waals surface area contributed by atoms with Crippen LogP contribution in [0.2, 0.25) is 0 Å². The second kappa shape index (κ2) is 6.72. The van der Waals surface area contributed by atoms with E-state index < -0.39 is 0 Å². The molecule has 1 aliphatic carbocycles. The van der Waals surface area contributed by atoms with Crippen LogP contribution in [0.25, 0.3) is 0 Å². The monoisotopic (exact) mass is 269 g/mol. The molecule has 0 aliphatic heterocycles. The lowest BCUT2D eigenvalue weighted by Gasteiger charge is -2.21. The lowest BCUT2D eigenvalue weighted by atomic mass is 9.89. The fourth-order valence-electron chi connectivity index (χ4n) is 2.17. The second-order valence-corrected chi connectivity index (χ2v) is 5.62. The summed E-state index contributed by atoms with van der Waals surface area (Å²) in [4.78, 5) is 11.7. The Balaban J connectivity index is 1.64. The first-order valence-corrected chi connectivity index (χ1v) is 7.36. The van der Waals surface area contributed by atoms with Gasteiger partial charge in [-0.15, -0.1) is 5.10 Å². The van der Waals surface area contributed by atoms with Crippen molar-refractivity contribution < 1.29 is 4.79 Å². The number of thioether (sulfide) groups is 1. The number of hydrogen-bond acceptors (Lipinski definition) is 5. The Morgan fingerprint density at radius 1 is 1.44 bits per heavy atom. The summed E-state index contributed by atoms with van der Waals surface area (Å²) in [5.41, 5.74) is 0. The van der Waals surface area contributed by atoms with Crippen LogP contribution in [-0.2, 0) is 11.8 Å². The zero-order chi connectivity index (χ0) is 12.8. The fourth-order valence-corrected chi connectivity index (χ4v) is 2.85. The molecule has 0 saturated heterocycles. The van der Waals surface area contributed by atoms with Crippen LogP contribution < -0.4 is 5.32 Å². The highest BCUT2D eigenvalue weighted by atomic mass is 32.2. The van der Waals surface area contributed by atoms with E-state index in [9.17, 15) is 4.79 Å². The predicted octanol–water partition coefficient (Wildman–Crippen LogP) is 0.999. The summed E-state index contributed by atoms with van der Waals surface area (Å²) in [6.45, 7) is 0.816. The molecule has 0 bridgehead atoms. The summed E-state index contributed by atoms with van der Waals surface area (Å²) in [5.74, 6) is 1.11. The van der Waals surface area contributed by atoms with Crippen LogP contribution in [0.4, 0.5) is 0 Å². The maximum atomic E-state index is 11.7. The highest BCUT2D eigenvalue weighted by molar-refractivity contribution is 7.99. The highest BCUT2D eigenvalue weighted by Gasteiger charge is 2.14. The first kappa shape index (κ1) is 13.3. The van der Waals surface area contributed by atoms with E-state index in [4.69, 9.17) is 0 Å². The number of rotatable bonds is 5. The van der Waals surface area contributed by atoms with Gasteiger partial charge in [-0.2, -0.15) is 0 Å². The van der Waals surface area contributed by atoms with Gasteiger partial charge in [-0.25, -0.2) is 4.68 Å². The van der Waals surface area contributed by atoms with Gasteiger partial charge in [0.15, 0.2) is 0 Å². The normalized spacial score (nSPS) is 16.7. The molecule has 0 radical (unpaired) electrons. The summed E-state index contributed by atoms with van der Waals surface area (Å²) in [6, 6.07) is 0. The number of nitrogens with zero attached hydrogens (tertiary/aromatic N) is 4. The predicted molar refractivity (Wildman–Crippen MR) is 69.1 cm³/mol. The van der Waals surface area contributed by atoms with Crippen molar-refractivity contribution in [1.29, 1.82) is 0 Å². The number of carbonyl (C=O) groups is 1. The van der Waals surface area contributed by atoms with E-state index in [-0.39, 0.29) is 5.91 Å². The van der Waals surface area contributed by atoms with Crippen molar-refractivity contribution in [3.63, 3.8) is 0 Å². The van der Waals surface area contributed by atoms with E-state index in [0.717, 1.165) is 6.54 Å². The third kappa shape index (κ3) is 3.97. The van der Waals surface area contributed by atoms with Crippen LogP contribution in [-0.4, -0.2) is 38.4 Å². The Hall–Kier alpha value is -1.11. The van der Waals surface area contributed by atoms with E-state index in [1.54, 1.807) is 11.7 Å². The molecule has 1 N–H and O–H groups in total. The number of tetrazole rings is 1. The average Bonchev–Trinajstić information content (AvgIpc) is 2.81. The molecule has 0 unspecified atom stereocenters. The number of carbonyl (C=O) groups excluding carboxylic acids is 1. The van der Waals surface area contributed by atoms with Crippen LogP contribution in [0.15, 0.2) is 5.16 Å². The van der Waals surface area contributed by atoms with Gasteiger partial charge in [0.05, 0.1) is 5.75 Å². The SMILES string of the molecule is Cn1nnnc1SCC(=O)NCC1CCCCC1. The highest BCUT2D eigenvalue weighted by Crippen LogP contribution is 2.22. The molecule has 0 atom stereocenters.